The SMILES string of the molecule is N#C[C@@H](OC(=O)c1ccccc1)[C@@H](OC(=O)c1ccccc1)[C@@H](OC(=O)c1ccccc1)[C@H](COC(=O)c1ccccc1)OC(=O)c1ccccc1. The highest BCUT2D eigenvalue weighted by atomic mass is 16.6. The molecule has 0 amide bonds. The third-order valence-corrected chi connectivity index (χ3v) is 7.52. The van der Waals surface area contributed by atoms with E-state index in [4.69, 9.17) is 23.7 Å². The second kappa shape index (κ2) is 18.1. The summed E-state index contributed by atoms with van der Waals surface area (Å²) in [4.78, 5) is 67.2. The first-order valence-corrected chi connectivity index (χ1v) is 16.0. The van der Waals surface area contributed by atoms with Crippen LogP contribution in [-0.2, 0) is 23.7 Å². The van der Waals surface area contributed by atoms with Gasteiger partial charge in [-0.15, -0.1) is 0 Å². The molecule has 0 bridgehead atoms. The molecule has 4 atom stereocenters. The summed E-state index contributed by atoms with van der Waals surface area (Å²) < 4.78 is 28.7. The van der Waals surface area contributed by atoms with Gasteiger partial charge in [-0.05, 0) is 60.7 Å². The van der Waals surface area contributed by atoms with Crippen molar-refractivity contribution in [3.05, 3.63) is 179 Å². The van der Waals surface area contributed by atoms with Crippen molar-refractivity contribution in [1.82, 2.24) is 0 Å². The quantitative estimate of drug-likeness (QED) is 0.0952. The molecular formula is C41H31NO10. The smallest absolute Gasteiger partial charge is 0.339 e. The Labute approximate surface area is 298 Å². The third kappa shape index (κ3) is 9.77. The van der Waals surface area contributed by atoms with Gasteiger partial charge in [0.2, 0.25) is 6.10 Å². The lowest BCUT2D eigenvalue weighted by Crippen LogP contribution is -2.53. The Bertz CT molecular complexity index is 2000. The maximum absolute atomic E-state index is 13.7. The van der Waals surface area contributed by atoms with Crippen LogP contribution >= 0.6 is 0 Å². The number of rotatable bonds is 14. The summed E-state index contributed by atoms with van der Waals surface area (Å²) in [6.07, 6.45) is -7.52. The Hall–Kier alpha value is -7.06. The van der Waals surface area contributed by atoms with E-state index in [0.29, 0.717) is 0 Å². The van der Waals surface area contributed by atoms with Gasteiger partial charge in [0.25, 0.3) is 0 Å². The van der Waals surface area contributed by atoms with E-state index in [-0.39, 0.29) is 27.8 Å². The van der Waals surface area contributed by atoms with Crippen LogP contribution in [-0.4, -0.2) is 60.9 Å². The van der Waals surface area contributed by atoms with Crippen LogP contribution in [0.15, 0.2) is 152 Å². The highest BCUT2D eigenvalue weighted by Gasteiger charge is 2.46. The zero-order valence-electron chi connectivity index (χ0n) is 27.5. The summed E-state index contributed by atoms with van der Waals surface area (Å²) in [6, 6.07) is 40.7. The Balaban J connectivity index is 1.60. The van der Waals surface area contributed by atoms with Crippen molar-refractivity contribution < 1.29 is 47.7 Å². The Morgan fingerprint density at radius 2 is 0.731 bits per heavy atom. The molecule has 0 aliphatic heterocycles. The van der Waals surface area contributed by atoms with Gasteiger partial charge < -0.3 is 23.7 Å². The van der Waals surface area contributed by atoms with Gasteiger partial charge in [0, 0.05) is 0 Å². The summed E-state index contributed by atoms with van der Waals surface area (Å²) in [5.74, 6) is -4.68. The molecule has 11 nitrogen and oxygen atoms in total. The number of carbonyl (C=O) groups is 5. The maximum atomic E-state index is 13.7. The standard InChI is InChI=1S/C41H31NO10/c42-26-33(49-38(44)29-18-8-2-9-19-29)35(51-40(46)31-22-12-4-13-23-31)36(52-41(47)32-24-14-5-15-25-32)34(50-39(45)30-20-10-3-11-21-30)27-48-37(43)28-16-6-1-7-17-28/h1-25,33-36H,27H2/t33-,34+,35-,36+/m1/s1. The zero-order chi connectivity index (χ0) is 36.7. The number of nitriles is 1. The number of carbonyl (C=O) groups excluding carboxylic acids is 5. The number of ether oxygens (including phenoxy) is 5. The van der Waals surface area contributed by atoms with Gasteiger partial charge in [0.05, 0.1) is 27.8 Å². The molecule has 5 rings (SSSR count). The zero-order valence-corrected chi connectivity index (χ0v) is 27.5. The van der Waals surface area contributed by atoms with Crippen LogP contribution in [0.5, 0.6) is 0 Å². The fourth-order valence-electron chi connectivity index (χ4n) is 4.90. The lowest BCUT2D eigenvalue weighted by atomic mass is 10.0. The normalized spacial score (nSPS) is 12.8. The topological polar surface area (TPSA) is 155 Å². The number of nitrogens with zero attached hydrogens (tertiary/aromatic N) is 1. The number of hydrogen-bond acceptors (Lipinski definition) is 11. The van der Waals surface area contributed by atoms with E-state index >= 15 is 0 Å². The molecular weight excluding hydrogens is 666 g/mol. The number of benzene rings is 5. The second-order valence-corrected chi connectivity index (χ2v) is 11.1. The van der Waals surface area contributed by atoms with Gasteiger partial charge in [0.1, 0.15) is 12.7 Å². The van der Waals surface area contributed by atoms with Gasteiger partial charge >= 0.3 is 29.8 Å². The molecule has 52 heavy (non-hydrogen) atoms. The van der Waals surface area contributed by atoms with Crippen LogP contribution < -0.4 is 0 Å². The lowest BCUT2D eigenvalue weighted by Gasteiger charge is -2.34. The highest BCUT2D eigenvalue weighted by Crippen LogP contribution is 2.24. The molecule has 0 heterocycles. The molecule has 0 aliphatic rings. The first-order chi connectivity index (χ1) is 25.3. The first kappa shape index (κ1) is 36.2. The van der Waals surface area contributed by atoms with Crippen molar-refractivity contribution in [2.75, 3.05) is 6.61 Å². The largest absolute Gasteiger partial charge is 0.458 e. The molecule has 5 aromatic carbocycles. The molecule has 0 fully saturated rings. The first-order valence-electron chi connectivity index (χ1n) is 16.0. The average molecular weight is 698 g/mol. The molecule has 0 unspecified atom stereocenters. The predicted molar refractivity (Wildman–Crippen MR) is 185 cm³/mol. The molecule has 5 aromatic rings. The molecule has 260 valence electrons. The van der Waals surface area contributed by atoms with Gasteiger partial charge in [-0.3, -0.25) is 0 Å². The van der Waals surface area contributed by atoms with Crippen LogP contribution in [0.25, 0.3) is 0 Å². The Morgan fingerprint density at radius 1 is 0.423 bits per heavy atom. The Kier molecular flexibility index (Phi) is 12.6. The summed E-state index contributed by atoms with van der Waals surface area (Å²) in [7, 11) is 0. The van der Waals surface area contributed by atoms with Crippen LogP contribution in [0.3, 0.4) is 0 Å². The van der Waals surface area contributed by atoms with Crippen LogP contribution in [0.2, 0.25) is 0 Å². The van der Waals surface area contributed by atoms with Crippen molar-refractivity contribution in [1.29, 1.82) is 5.26 Å². The van der Waals surface area contributed by atoms with Gasteiger partial charge in [-0.2, -0.15) is 5.26 Å². The number of esters is 5. The molecule has 0 aromatic heterocycles. The minimum atomic E-state index is -1.95. The van der Waals surface area contributed by atoms with E-state index < -0.39 is 60.9 Å². The maximum Gasteiger partial charge on any atom is 0.339 e. The van der Waals surface area contributed by atoms with E-state index in [9.17, 15) is 29.2 Å². The van der Waals surface area contributed by atoms with E-state index in [1.807, 2.05) is 6.07 Å². The monoisotopic (exact) mass is 697 g/mol. The minimum absolute atomic E-state index is 0.0417. The molecule has 0 radical (unpaired) electrons. The van der Waals surface area contributed by atoms with Crippen molar-refractivity contribution in [2.45, 2.75) is 24.4 Å². The van der Waals surface area contributed by atoms with Crippen molar-refractivity contribution in [3.63, 3.8) is 0 Å². The summed E-state index contributed by atoms with van der Waals surface area (Å²) in [5.41, 5.74) is 0.398. The van der Waals surface area contributed by atoms with Gasteiger partial charge in [-0.25, -0.2) is 24.0 Å². The molecule has 11 heteroatoms. The fraction of sp³-hybridized carbons (Fsp3) is 0.122. The minimum Gasteiger partial charge on any atom is -0.458 e. The molecule has 0 saturated carbocycles. The van der Waals surface area contributed by atoms with E-state index in [1.54, 1.807) is 91.0 Å². The van der Waals surface area contributed by atoms with Crippen molar-refractivity contribution >= 4 is 29.8 Å². The van der Waals surface area contributed by atoms with Crippen LogP contribution in [0.1, 0.15) is 51.8 Å². The van der Waals surface area contributed by atoms with Crippen molar-refractivity contribution in [3.8, 4) is 6.07 Å². The van der Waals surface area contributed by atoms with E-state index in [0.717, 1.165) is 0 Å². The fourth-order valence-corrected chi connectivity index (χ4v) is 4.90. The lowest BCUT2D eigenvalue weighted by molar-refractivity contribution is -0.122. The molecule has 0 spiro atoms. The summed E-state index contributed by atoms with van der Waals surface area (Å²) in [6.45, 7) is -0.747. The molecule has 0 saturated heterocycles. The van der Waals surface area contributed by atoms with Gasteiger partial charge in [0.15, 0.2) is 18.3 Å². The third-order valence-electron chi connectivity index (χ3n) is 7.52. The van der Waals surface area contributed by atoms with E-state index in [1.165, 1.54) is 60.7 Å². The number of hydrogen-bond donors (Lipinski definition) is 0. The van der Waals surface area contributed by atoms with Crippen LogP contribution in [0.4, 0.5) is 0 Å². The Morgan fingerprint density at radius 3 is 1.10 bits per heavy atom. The van der Waals surface area contributed by atoms with E-state index in [2.05, 4.69) is 0 Å². The van der Waals surface area contributed by atoms with Gasteiger partial charge in [-0.1, -0.05) is 91.0 Å². The van der Waals surface area contributed by atoms with Crippen LogP contribution in [0, 0.1) is 11.3 Å². The molecule has 0 aliphatic carbocycles. The summed E-state index contributed by atoms with van der Waals surface area (Å²) >= 11 is 0. The second-order valence-electron chi connectivity index (χ2n) is 11.1. The average Bonchev–Trinajstić information content (AvgIpc) is 3.21. The molecule has 0 N–H and O–H groups in total. The van der Waals surface area contributed by atoms with Crippen molar-refractivity contribution in [2.24, 2.45) is 0 Å². The highest BCUT2D eigenvalue weighted by molar-refractivity contribution is 5.92. The summed E-state index contributed by atoms with van der Waals surface area (Å²) in [5, 5.41) is 10.4. The predicted octanol–water partition coefficient (Wildman–Crippen LogP) is 6.27.